The van der Waals surface area contributed by atoms with Crippen LogP contribution >= 0.6 is 0 Å². The molecular weight excluding hydrogens is 300 g/mol. The van der Waals surface area contributed by atoms with Crippen LogP contribution in [-0.4, -0.2) is 28.5 Å². The summed E-state index contributed by atoms with van der Waals surface area (Å²) < 4.78 is 1.91. The maximum absolute atomic E-state index is 12.6. The molecule has 0 radical (unpaired) electrons. The summed E-state index contributed by atoms with van der Waals surface area (Å²) in [6.45, 7) is 2.27. The van der Waals surface area contributed by atoms with Gasteiger partial charge in [0.2, 0.25) is 5.91 Å². The predicted molar refractivity (Wildman–Crippen MR) is 92.9 cm³/mol. The molecule has 4 nitrogen and oxygen atoms in total. The Morgan fingerprint density at radius 3 is 2.67 bits per heavy atom. The Morgan fingerprint density at radius 2 is 1.83 bits per heavy atom. The summed E-state index contributed by atoms with van der Waals surface area (Å²) in [5.41, 5.74) is 2.39. The van der Waals surface area contributed by atoms with Gasteiger partial charge in [-0.05, 0) is 30.4 Å². The van der Waals surface area contributed by atoms with Gasteiger partial charge in [0.25, 0.3) is 5.56 Å². The van der Waals surface area contributed by atoms with Gasteiger partial charge in [0, 0.05) is 43.7 Å². The number of hydrogen-bond acceptors (Lipinski definition) is 2. The van der Waals surface area contributed by atoms with Gasteiger partial charge in [0.15, 0.2) is 0 Å². The molecule has 0 N–H and O–H groups in total. The third kappa shape index (κ3) is 2.88. The quantitative estimate of drug-likeness (QED) is 0.871. The van der Waals surface area contributed by atoms with E-state index in [1.54, 1.807) is 6.07 Å². The Balaban J connectivity index is 1.46. The van der Waals surface area contributed by atoms with E-state index in [1.807, 2.05) is 39.8 Å². The summed E-state index contributed by atoms with van der Waals surface area (Å²) in [6, 6.07) is 15.7. The van der Waals surface area contributed by atoms with Gasteiger partial charge >= 0.3 is 0 Å². The second-order valence-electron chi connectivity index (χ2n) is 6.98. The number of amides is 1. The van der Waals surface area contributed by atoms with Gasteiger partial charge in [0.1, 0.15) is 0 Å². The molecule has 24 heavy (non-hydrogen) atoms. The van der Waals surface area contributed by atoms with Gasteiger partial charge in [-0.25, -0.2) is 0 Å². The van der Waals surface area contributed by atoms with E-state index in [4.69, 9.17) is 0 Å². The van der Waals surface area contributed by atoms with Crippen molar-refractivity contribution >= 4 is 5.91 Å². The third-order valence-corrected chi connectivity index (χ3v) is 5.30. The fourth-order valence-electron chi connectivity index (χ4n) is 4.15. The molecule has 0 spiro atoms. The Kier molecular flexibility index (Phi) is 3.97. The molecule has 0 aliphatic carbocycles. The molecule has 124 valence electrons. The molecule has 2 aromatic rings. The standard InChI is InChI=1S/C20H22N2O2/c23-19(10-9-15-5-2-1-3-6-15)21-12-16-11-17(14-21)18-7-4-8-20(24)22(18)13-16/h1-8,16-17H,9-14H2/t16-,17-/m1/s1. The maximum Gasteiger partial charge on any atom is 0.250 e. The zero-order valence-corrected chi connectivity index (χ0v) is 13.7. The minimum atomic E-state index is 0.0889. The molecule has 2 atom stereocenters. The minimum Gasteiger partial charge on any atom is -0.342 e. The van der Waals surface area contributed by atoms with Crippen LogP contribution in [0.5, 0.6) is 0 Å². The fraction of sp³-hybridized carbons (Fsp3) is 0.400. The van der Waals surface area contributed by atoms with Crippen LogP contribution < -0.4 is 5.56 Å². The zero-order valence-electron chi connectivity index (χ0n) is 13.7. The monoisotopic (exact) mass is 322 g/mol. The highest BCUT2D eigenvalue weighted by Crippen LogP contribution is 2.35. The van der Waals surface area contributed by atoms with Crippen molar-refractivity contribution in [1.29, 1.82) is 0 Å². The number of aromatic nitrogens is 1. The van der Waals surface area contributed by atoms with Gasteiger partial charge in [-0.15, -0.1) is 0 Å². The number of benzene rings is 1. The van der Waals surface area contributed by atoms with Crippen LogP contribution in [0.25, 0.3) is 0 Å². The molecule has 3 heterocycles. The topological polar surface area (TPSA) is 42.3 Å². The molecule has 0 unspecified atom stereocenters. The van der Waals surface area contributed by atoms with E-state index in [-0.39, 0.29) is 11.5 Å². The Bertz CT molecular complexity index is 797. The number of rotatable bonds is 3. The van der Waals surface area contributed by atoms with Crippen molar-refractivity contribution in [2.24, 2.45) is 5.92 Å². The van der Waals surface area contributed by atoms with Crippen molar-refractivity contribution < 1.29 is 4.79 Å². The van der Waals surface area contributed by atoms with E-state index in [2.05, 4.69) is 12.1 Å². The largest absolute Gasteiger partial charge is 0.342 e. The molecular formula is C20H22N2O2. The minimum absolute atomic E-state index is 0.0889. The van der Waals surface area contributed by atoms with E-state index >= 15 is 0 Å². The Labute approximate surface area is 141 Å². The molecule has 2 bridgehead atoms. The summed E-state index contributed by atoms with van der Waals surface area (Å²) in [4.78, 5) is 26.7. The zero-order chi connectivity index (χ0) is 16.5. The molecule has 2 aliphatic rings. The van der Waals surface area contributed by atoms with Crippen LogP contribution in [0, 0.1) is 5.92 Å². The number of pyridine rings is 1. The SMILES string of the molecule is O=C(CCc1ccccc1)N1C[C@H]2C[C@H](C1)c1cccc(=O)n1C2. The van der Waals surface area contributed by atoms with Crippen molar-refractivity contribution in [1.82, 2.24) is 9.47 Å². The van der Waals surface area contributed by atoms with Gasteiger partial charge in [-0.3, -0.25) is 9.59 Å². The predicted octanol–water partition coefficient (Wildman–Crippen LogP) is 2.43. The molecule has 0 saturated carbocycles. The molecule has 1 fully saturated rings. The van der Waals surface area contributed by atoms with Crippen LogP contribution in [0.3, 0.4) is 0 Å². The molecule has 4 heteroatoms. The smallest absolute Gasteiger partial charge is 0.250 e. The van der Waals surface area contributed by atoms with Gasteiger partial charge < -0.3 is 9.47 Å². The van der Waals surface area contributed by atoms with Crippen LogP contribution in [0.4, 0.5) is 0 Å². The summed E-state index contributed by atoms with van der Waals surface area (Å²) in [7, 11) is 0. The summed E-state index contributed by atoms with van der Waals surface area (Å²) >= 11 is 0. The van der Waals surface area contributed by atoms with Crippen LogP contribution in [0.2, 0.25) is 0 Å². The average Bonchev–Trinajstić information content (AvgIpc) is 2.61. The van der Waals surface area contributed by atoms with Gasteiger partial charge in [-0.2, -0.15) is 0 Å². The average molecular weight is 322 g/mol. The number of carbonyl (C=O) groups excluding carboxylic acids is 1. The number of likely N-dealkylation sites (tertiary alicyclic amines) is 1. The lowest BCUT2D eigenvalue weighted by Crippen LogP contribution is -2.49. The lowest BCUT2D eigenvalue weighted by atomic mass is 9.83. The highest BCUT2D eigenvalue weighted by molar-refractivity contribution is 5.76. The van der Waals surface area contributed by atoms with Crippen LogP contribution in [0.15, 0.2) is 53.3 Å². The normalized spacial score (nSPS) is 22.1. The van der Waals surface area contributed by atoms with Gasteiger partial charge in [-0.1, -0.05) is 36.4 Å². The Morgan fingerprint density at radius 1 is 1.00 bits per heavy atom. The second kappa shape index (κ2) is 6.27. The Hall–Kier alpha value is -2.36. The summed E-state index contributed by atoms with van der Waals surface area (Å²) in [5, 5.41) is 0. The summed E-state index contributed by atoms with van der Waals surface area (Å²) in [6.07, 6.45) is 2.44. The lowest BCUT2D eigenvalue weighted by Gasteiger charge is -2.42. The van der Waals surface area contributed by atoms with E-state index in [0.29, 0.717) is 18.3 Å². The molecule has 1 aromatic heterocycles. The summed E-state index contributed by atoms with van der Waals surface area (Å²) in [5.74, 6) is 0.935. The second-order valence-corrected chi connectivity index (χ2v) is 6.98. The number of aryl methyl sites for hydroxylation is 1. The first-order valence-corrected chi connectivity index (χ1v) is 8.72. The first-order chi connectivity index (χ1) is 11.7. The maximum atomic E-state index is 12.6. The molecule has 2 aliphatic heterocycles. The molecule has 1 saturated heterocycles. The molecule has 1 aromatic carbocycles. The van der Waals surface area contributed by atoms with Crippen molar-refractivity contribution in [2.75, 3.05) is 13.1 Å². The van der Waals surface area contributed by atoms with Crippen molar-refractivity contribution in [3.05, 3.63) is 70.1 Å². The molecule has 1 amide bonds. The van der Waals surface area contributed by atoms with Crippen molar-refractivity contribution in [2.45, 2.75) is 31.7 Å². The van der Waals surface area contributed by atoms with Gasteiger partial charge in [0.05, 0.1) is 0 Å². The van der Waals surface area contributed by atoms with Crippen molar-refractivity contribution in [3.8, 4) is 0 Å². The number of nitrogens with zero attached hydrogens (tertiary/aromatic N) is 2. The highest BCUT2D eigenvalue weighted by Gasteiger charge is 2.35. The molecule has 4 rings (SSSR count). The number of carbonyl (C=O) groups is 1. The fourth-order valence-corrected chi connectivity index (χ4v) is 4.15. The van der Waals surface area contributed by atoms with Crippen molar-refractivity contribution in [3.63, 3.8) is 0 Å². The van der Waals surface area contributed by atoms with Crippen LogP contribution in [0.1, 0.15) is 30.0 Å². The van der Waals surface area contributed by atoms with E-state index < -0.39 is 0 Å². The van der Waals surface area contributed by atoms with E-state index in [9.17, 15) is 9.59 Å². The van der Waals surface area contributed by atoms with E-state index in [0.717, 1.165) is 38.2 Å². The number of piperidine rings is 1. The van der Waals surface area contributed by atoms with Crippen LogP contribution in [-0.2, 0) is 17.8 Å². The lowest BCUT2D eigenvalue weighted by molar-refractivity contribution is -0.133. The first-order valence-electron chi connectivity index (χ1n) is 8.72. The number of fused-ring (bicyclic) bond motifs is 4. The number of hydrogen-bond donors (Lipinski definition) is 0. The third-order valence-electron chi connectivity index (χ3n) is 5.30. The first kappa shape index (κ1) is 15.2. The van der Waals surface area contributed by atoms with E-state index in [1.165, 1.54) is 5.56 Å². The highest BCUT2D eigenvalue weighted by atomic mass is 16.2.